The van der Waals surface area contributed by atoms with Crippen molar-refractivity contribution in [2.45, 2.75) is 26.2 Å². The molecule has 1 aliphatic rings. The fourth-order valence-electron chi connectivity index (χ4n) is 4.12. The molecule has 0 spiro atoms. The van der Waals surface area contributed by atoms with Crippen molar-refractivity contribution in [2.75, 3.05) is 13.1 Å². The van der Waals surface area contributed by atoms with Crippen LogP contribution >= 0.6 is 24.8 Å². The Labute approximate surface area is 212 Å². The zero-order valence-electron chi connectivity index (χ0n) is 18.4. The summed E-state index contributed by atoms with van der Waals surface area (Å²) in [5.41, 5.74) is 2.94. The minimum Gasteiger partial charge on any atom is -0.358 e. The first kappa shape index (κ1) is 26.1. The van der Waals surface area contributed by atoms with Crippen molar-refractivity contribution < 1.29 is 13.2 Å². The quantitative estimate of drug-likeness (QED) is 0.204. The number of halogens is 3. The van der Waals surface area contributed by atoms with Gasteiger partial charge >= 0.3 is 153 Å². The van der Waals surface area contributed by atoms with Crippen LogP contribution in [0.2, 0.25) is 0 Å². The van der Waals surface area contributed by atoms with E-state index in [0.29, 0.717) is 0 Å². The Morgan fingerprint density at radius 1 is 0.727 bits per heavy atom. The number of hydrogen-bond donors (Lipinski definition) is 1. The smallest absolute Gasteiger partial charge is 0.133 e. The first-order chi connectivity index (χ1) is 15.9. The molecule has 0 atom stereocenters. The summed E-state index contributed by atoms with van der Waals surface area (Å²) >= 11 is 6.61. The minimum atomic E-state index is -2.29. The summed E-state index contributed by atoms with van der Waals surface area (Å²) in [6.45, 7) is 2.23. The van der Waals surface area contributed by atoms with Gasteiger partial charge in [0.05, 0.1) is 0 Å². The maximum atomic E-state index is 13.5. The molecule has 4 rings (SSSR count). The van der Waals surface area contributed by atoms with Gasteiger partial charge in [-0.05, 0) is 12.8 Å². The van der Waals surface area contributed by atoms with E-state index in [0.717, 1.165) is 47.4 Å². The van der Waals surface area contributed by atoms with Gasteiger partial charge in [0.1, 0.15) is 4.32 Å². The fourth-order valence-corrected chi connectivity index (χ4v) is 13.6. The molecule has 1 aliphatic heterocycles. The van der Waals surface area contributed by atoms with Crippen LogP contribution in [0.1, 0.15) is 29.5 Å². The van der Waals surface area contributed by atoms with Gasteiger partial charge in [-0.1, -0.05) is 12.2 Å². The molecule has 174 valence electrons. The van der Waals surface area contributed by atoms with Crippen molar-refractivity contribution in [3.63, 3.8) is 0 Å². The number of thiol groups is 1. The number of rotatable bonds is 6. The molecule has 0 bridgehead atoms. The Morgan fingerprint density at radius 3 is 1.36 bits per heavy atom. The van der Waals surface area contributed by atoms with E-state index in [2.05, 4.69) is 17.5 Å². The van der Waals surface area contributed by atoms with E-state index in [4.69, 9.17) is 12.2 Å². The number of benzene rings is 3. The van der Waals surface area contributed by atoms with E-state index < -0.39 is 19.8 Å². The molecule has 0 radical (unpaired) electrons. The molecule has 1 nitrogen and oxygen atoms in total. The van der Waals surface area contributed by atoms with E-state index in [1.807, 2.05) is 18.2 Å². The zero-order chi connectivity index (χ0) is 23.6. The first-order valence-corrected chi connectivity index (χ1v) is 18.9. The van der Waals surface area contributed by atoms with Gasteiger partial charge in [0, 0.05) is 13.1 Å². The van der Waals surface area contributed by atoms with E-state index >= 15 is 0 Å². The molecule has 0 saturated carbocycles. The van der Waals surface area contributed by atoms with Crippen molar-refractivity contribution in [3.8, 4) is 0 Å². The molecule has 1 saturated heterocycles. The molecule has 0 amide bonds. The van der Waals surface area contributed by atoms with Crippen LogP contribution in [-0.4, -0.2) is 42.1 Å². The second kappa shape index (κ2) is 13.4. The summed E-state index contributed by atoms with van der Waals surface area (Å²) in [6, 6.07) is 20.0. The Hall–Kier alpha value is -1.51. The molecular formula is C26H28F3NS2Sn. The maximum Gasteiger partial charge on any atom is 0.133 e. The number of nitrogens with zero attached hydrogens (tertiary/aromatic N) is 1. The van der Waals surface area contributed by atoms with Crippen molar-refractivity contribution in [1.29, 1.82) is 0 Å². The van der Waals surface area contributed by atoms with E-state index in [9.17, 15) is 13.2 Å². The number of hydrogen-bond acceptors (Lipinski definition) is 1. The third kappa shape index (κ3) is 9.33. The van der Waals surface area contributed by atoms with Crippen LogP contribution in [0.4, 0.5) is 13.2 Å². The largest absolute Gasteiger partial charge is 0.358 e. The van der Waals surface area contributed by atoms with Crippen LogP contribution in [0.3, 0.4) is 0 Å². The maximum absolute atomic E-state index is 13.5. The normalized spacial score (nSPS) is 13.1. The predicted octanol–water partition coefficient (Wildman–Crippen LogP) is 6.27. The van der Waals surface area contributed by atoms with Gasteiger partial charge in [-0.2, -0.15) is 0 Å². The molecule has 1 heterocycles. The third-order valence-electron chi connectivity index (χ3n) is 5.62. The van der Waals surface area contributed by atoms with Crippen LogP contribution in [0.15, 0.2) is 72.8 Å². The molecule has 0 unspecified atom stereocenters. The van der Waals surface area contributed by atoms with Gasteiger partial charge in [-0.15, -0.1) is 12.6 Å². The van der Waals surface area contributed by atoms with E-state index in [1.54, 1.807) is 36.4 Å². The average Bonchev–Trinajstić information content (AvgIpc) is 3.30. The first-order valence-electron chi connectivity index (χ1n) is 11.1. The van der Waals surface area contributed by atoms with Crippen molar-refractivity contribution in [1.82, 2.24) is 4.90 Å². The van der Waals surface area contributed by atoms with Gasteiger partial charge in [0.15, 0.2) is 0 Å². The molecule has 0 aliphatic carbocycles. The van der Waals surface area contributed by atoms with E-state index in [1.165, 1.54) is 31.0 Å². The van der Waals surface area contributed by atoms with Crippen LogP contribution in [-0.2, 0) is 13.3 Å². The average molecular weight is 594 g/mol. The van der Waals surface area contributed by atoms with Crippen LogP contribution in [0.25, 0.3) is 0 Å². The number of thiocarbonyl (C=S) groups is 1. The van der Waals surface area contributed by atoms with Crippen LogP contribution < -0.4 is 0 Å². The second-order valence-electron chi connectivity index (χ2n) is 8.34. The molecule has 0 N–H and O–H groups in total. The van der Waals surface area contributed by atoms with Crippen molar-refractivity contribution in [2.24, 2.45) is 0 Å². The second-order valence-corrected chi connectivity index (χ2v) is 17.9. The zero-order valence-corrected chi connectivity index (χ0v) is 23.4. The molecule has 1 fully saturated rings. The summed E-state index contributed by atoms with van der Waals surface area (Å²) in [7, 11) is 0. The Balaban J connectivity index is 0.000000323. The van der Waals surface area contributed by atoms with Crippen LogP contribution in [0.5, 0.6) is 0 Å². The minimum absolute atomic E-state index is 0.237. The van der Waals surface area contributed by atoms with Gasteiger partial charge in [-0.3, -0.25) is 0 Å². The summed E-state index contributed by atoms with van der Waals surface area (Å²) < 4.78 is 43.8. The van der Waals surface area contributed by atoms with Gasteiger partial charge < -0.3 is 4.90 Å². The Kier molecular flexibility index (Phi) is 10.6. The standard InChI is InChI=1S/3C7H6F.C5H9NS2.Sn.H/c3*1-6-3-2-4-7(8)5-6;7-5(8)6-3-1-2-4-6;;/h3*2-5H,1H2;1-4H2,(H,7,8);;. The van der Waals surface area contributed by atoms with Crippen molar-refractivity contribution >= 4 is 48.9 Å². The molecule has 3 aromatic rings. The monoisotopic (exact) mass is 595 g/mol. The molecule has 33 heavy (non-hydrogen) atoms. The fraction of sp³-hybridized carbons (Fsp3) is 0.269. The SMILES string of the molecule is Fc1cccc([CH2][SnH]([CH2]c2cccc(F)c2)[CH2]c2cccc(F)c2)c1.S=C(S)N1CCCC1. The van der Waals surface area contributed by atoms with Gasteiger partial charge in [0.25, 0.3) is 0 Å². The number of likely N-dealkylation sites (tertiary alicyclic amines) is 1. The third-order valence-corrected chi connectivity index (χ3v) is 15.1. The van der Waals surface area contributed by atoms with Crippen molar-refractivity contribution in [3.05, 3.63) is 107 Å². The Morgan fingerprint density at radius 2 is 1.09 bits per heavy atom. The molecule has 7 heteroatoms. The van der Waals surface area contributed by atoms with E-state index in [-0.39, 0.29) is 17.5 Å². The predicted molar refractivity (Wildman–Crippen MR) is 140 cm³/mol. The molecule has 3 aromatic carbocycles. The summed E-state index contributed by atoms with van der Waals surface area (Å²) in [5.74, 6) is -0.711. The Bertz CT molecular complexity index is 944. The summed E-state index contributed by atoms with van der Waals surface area (Å²) in [6.07, 6.45) is 2.56. The molecular weight excluding hydrogens is 566 g/mol. The van der Waals surface area contributed by atoms with Crippen LogP contribution in [0, 0.1) is 17.5 Å². The summed E-state index contributed by atoms with van der Waals surface area (Å²) in [4.78, 5) is 2.12. The van der Waals surface area contributed by atoms with Gasteiger partial charge in [-0.25, -0.2) is 0 Å². The van der Waals surface area contributed by atoms with Gasteiger partial charge in [0.2, 0.25) is 0 Å². The summed E-state index contributed by atoms with van der Waals surface area (Å²) in [5, 5.41) is 0. The topological polar surface area (TPSA) is 3.24 Å². The molecule has 0 aromatic heterocycles.